The zero-order chi connectivity index (χ0) is 30.0. The molecule has 0 bridgehead atoms. The largest absolute Gasteiger partial charge is 0.508 e. The van der Waals surface area contributed by atoms with E-state index in [1.165, 1.54) is 25.3 Å². The number of ketones is 2. The lowest BCUT2D eigenvalue weighted by molar-refractivity contribution is -0.151. The SMILES string of the molecule is CCC(C)/C=C/C=C/C=C/C(O)=CC(O)=C1C(=O)O[C@@]2(C)C(=O)/C(=C\NCc3ccccc3)C(=CC(=O)CO)C=C12. The third-order valence-electron chi connectivity index (χ3n) is 6.67. The number of carbonyl (C=O) groups excluding carboxylic acids is 3. The summed E-state index contributed by atoms with van der Waals surface area (Å²) in [5.41, 5.74) is -0.901. The molecular weight excluding hydrogens is 522 g/mol. The van der Waals surface area contributed by atoms with E-state index in [2.05, 4.69) is 25.2 Å². The van der Waals surface area contributed by atoms with E-state index in [9.17, 15) is 29.7 Å². The molecule has 1 aromatic carbocycles. The van der Waals surface area contributed by atoms with Crippen LogP contribution in [0.3, 0.4) is 0 Å². The lowest BCUT2D eigenvalue weighted by Gasteiger charge is -2.29. The van der Waals surface area contributed by atoms with Crippen LogP contribution in [0.2, 0.25) is 0 Å². The molecule has 1 heterocycles. The van der Waals surface area contributed by atoms with Crippen molar-refractivity contribution in [3.63, 3.8) is 0 Å². The Balaban J connectivity index is 1.95. The van der Waals surface area contributed by atoms with Gasteiger partial charge in [0.2, 0.25) is 5.78 Å². The number of hydrogen-bond acceptors (Lipinski definition) is 8. The summed E-state index contributed by atoms with van der Waals surface area (Å²) in [5, 5.41) is 33.4. The van der Waals surface area contributed by atoms with E-state index >= 15 is 0 Å². The zero-order valence-corrected chi connectivity index (χ0v) is 23.3. The van der Waals surface area contributed by atoms with Gasteiger partial charge in [0.1, 0.15) is 23.7 Å². The second-order valence-corrected chi connectivity index (χ2v) is 9.80. The fourth-order valence-electron chi connectivity index (χ4n) is 4.17. The number of Topliss-reactive ketones (excluding diaryl/α,β-unsaturated/α-hetero) is 1. The van der Waals surface area contributed by atoms with Gasteiger partial charge in [0.25, 0.3) is 0 Å². The van der Waals surface area contributed by atoms with Crippen LogP contribution in [0.1, 0.15) is 32.8 Å². The first kappa shape index (κ1) is 30.8. The van der Waals surface area contributed by atoms with Gasteiger partial charge in [0.15, 0.2) is 11.4 Å². The average molecular weight is 558 g/mol. The van der Waals surface area contributed by atoms with Crippen molar-refractivity contribution in [2.45, 2.75) is 39.3 Å². The number of esters is 1. The van der Waals surface area contributed by atoms with Gasteiger partial charge in [0, 0.05) is 30.0 Å². The summed E-state index contributed by atoms with van der Waals surface area (Å²) in [4.78, 5) is 38.6. The molecule has 0 saturated carbocycles. The van der Waals surface area contributed by atoms with Gasteiger partial charge in [-0.05, 0) is 42.2 Å². The van der Waals surface area contributed by atoms with Crippen LogP contribution in [0.15, 0.2) is 125 Å². The van der Waals surface area contributed by atoms with Gasteiger partial charge in [-0.2, -0.15) is 0 Å². The van der Waals surface area contributed by atoms with E-state index in [0.29, 0.717) is 12.5 Å². The summed E-state index contributed by atoms with van der Waals surface area (Å²) in [6, 6.07) is 9.43. The van der Waals surface area contributed by atoms with Gasteiger partial charge in [-0.3, -0.25) is 9.59 Å². The van der Waals surface area contributed by atoms with Crippen molar-refractivity contribution in [3.05, 3.63) is 131 Å². The first-order valence-corrected chi connectivity index (χ1v) is 13.3. The predicted octanol–water partition coefficient (Wildman–Crippen LogP) is 4.94. The zero-order valence-electron chi connectivity index (χ0n) is 23.3. The summed E-state index contributed by atoms with van der Waals surface area (Å²) < 4.78 is 5.46. The standard InChI is InChI=1S/C33H35NO7/c1-4-22(2)12-8-5-6-11-15-25(36)18-29(38)30-28-17-24(16-26(37)21-35)27(31(39)33(28,3)41-32(30)40)20-34-19-23-13-9-7-10-14-23/h5-18,20,22,34-36,38H,4,19,21H2,1-3H3/b6-5+,12-8+,15-11+,24-16?,25-18?,27-20-,30-29?/t22?,33-/m1/s1. The van der Waals surface area contributed by atoms with Crippen molar-refractivity contribution in [1.82, 2.24) is 5.32 Å². The van der Waals surface area contributed by atoms with Crippen LogP contribution >= 0.6 is 0 Å². The van der Waals surface area contributed by atoms with Gasteiger partial charge in [-0.1, -0.05) is 81.0 Å². The monoisotopic (exact) mass is 557 g/mol. The molecule has 1 aromatic rings. The molecule has 0 spiro atoms. The van der Waals surface area contributed by atoms with Crippen LogP contribution in [-0.4, -0.2) is 45.1 Å². The Hall–Kier alpha value is -4.69. The molecule has 0 aromatic heterocycles. The minimum Gasteiger partial charge on any atom is -0.508 e. The summed E-state index contributed by atoms with van der Waals surface area (Å²) in [6.07, 6.45) is 16.3. The first-order chi connectivity index (χ1) is 19.6. The molecule has 8 heteroatoms. The number of allylic oxidation sites excluding steroid dienone is 9. The Morgan fingerprint density at radius 2 is 1.80 bits per heavy atom. The second kappa shape index (κ2) is 14.1. The molecule has 2 atom stereocenters. The average Bonchev–Trinajstić information content (AvgIpc) is 3.22. The number of rotatable bonds is 11. The molecule has 1 aliphatic carbocycles. The van der Waals surface area contributed by atoms with Crippen molar-refractivity contribution in [2.75, 3.05) is 6.61 Å². The summed E-state index contributed by atoms with van der Waals surface area (Å²) in [5.74, 6) is -2.73. The van der Waals surface area contributed by atoms with Crippen LogP contribution < -0.4 is 5.32 Å². The molecule has 8 nitrogen and oxygen atoms in total. The third kappa shape index (κ3) is 7.70. The van der Waals surface area contributed by atoms with E-state index < -0.39 is 35.5 Å². The topological polar surface area (TPSA) is 133 Å². The number of fused-ring (bicyclic) bond motifs is 1. The highest BCUT2D eigenvalue weighted by Gasteiger charge is 2.54. The molecule has 41 heavy (non-hydrogen) atoms. The molecule has 214 valence electrons. The first-order valence-electron chi connectivity index (χ1n) is 13.3. The Labute approximate surface area is 239 Å². The van der Waals surface area contributed by atoms with Gasteiger partial charge in [0.05, 0.1) is 0 Å². The number of aliphatic hydroxyl groups excluding tert-OH is 3. The molecule has 4 N–H and O–H groups in total. The van der Waals surface area contributed by atoms with Crippen molar-refractivity contribution in [1.29, 1.82) is 0 Å². The van der Waals surface area contributed by atoms with E-state index in [1.54, 1.807) is 18.2 Å². The maximum absolute atomic E-state index is 13.6. The van der Waals surface area contributed by atoms with Crippen LogP contribution in [0.5, 0.6) is 0 Å². The van der Waals surface area contributed by atoms with Gasteiger partial charge >= 0.3 is 5.97 Å². The highest BCUT2D eigenvalue weighted by atomic mass is 16.6. The smallest absolute Gasteiger partial charge is 0.343 e. The van der Waals surface area contributed by atoms with Crippen molar-refractivity contribution < 1.29 is 34.4 Å². The maximum atomic E-state index is 13.6. The van der Waals surface area contributed by atoms with Gasteiger partial charge < -0.3 is 25.4 Å². The van der Waals surface area contributed by atoms with Crippen LogP contribution in [0.25, 0.3) is 0 Å². The fraction of sp³-hybridized carbons (Fsp3) is 0.242. The number of nitrogens with one attached hydrogen (secondary N) is 1. The second-order valence-electron chi connectivity index (χ2n) is 9.80. The Morgan fingerprint density at radius 3 is 2.49 bits per heavy atom. The fourth-order valence-corrected chi connectivity index (χ4v) is 4.17. The van der Waals surface area contributed by atoms with Crippen molar-refractivity contribution >= 4 is 17.5 Å². The molecule has 1 saturated heterocycles. The highest BCUT2D eigenvalue weighted by Crippen LogP contribution is 2.45. The number of carbonyl (C=O) groups is 3. The van der Waals surface area contributed by atoms with Crippen LogP contribution in [-0.2, 0) is 25.7 Å². The molecule has 1 unspecified atom stereocenters. The third-order valence-corrected chi connectivity index (χ3v) is 6.67. The van der Waals surface area contributed by atoms with E-state index in [-0.39, 0.29) is 28.1 Å². The maximum Gasteiger partial charge on any atom is 0.343 e. The quantitative estimate of drug-likeness (QED) is 0.130. The number of hydrogen-bond donors (Lipinski definition) is 4. The predicted molar refractivity (Wildman–Crippen MR) is 156 cm³/mol. The lowest BCUT2D eigenvalue weighted by Crippen LogP contribution is -2.41. The molecule has 0 radical (unpaired) electrons. The van der Waals surface area contributed by atoms with E-state index in [4.69, 9.17) is 4.74 Å². The minimum absolute atomic E-state index is 0.0327. The Bertz CT molecular complexity index is 1420. The van der Waals surface area contributed by atoms with Crippen LogP contribution in [0.4, 0.5) is 0 Å². The number of aliphatic hydroxyl groups is 3. The van der Waals surface area contributed by atoms with Crippen LogP contribution in [0, 0.1) is 5.92 Å². The summed E-state index contributed by atoms with van der Waals surface area (Å²) >= 11 is 0. The van der Waals surface area contributed by atoms with E-state index in [1.807, 2.05) is 36.4 Å². The summed E-state index contributed by atoms with van der Waals surface area (Å²) in [6.45, 7) is 5.20. The molecule has 3 rings (SSSR count). The van der Waals surface area contributed by atoms with Crippen molar-refractivity contribution in [3.8, 4) is 0 Å². The Morgan fingerprint density at radius 1 is 1.10 bits per heavy atom. The Kier molecular flexibility index (Phi) is 10.6. The highest BCUT2D eigenvalue weighted by molar-refractivity contribution is 6.17. The summed E-state index contributed by atoms with van der Waals surface area (Å²) in [7, 11) is 0. The van der Waals surface area contributed by atoms with Crippen molar-refractivity contribution in [2.24, 2.45) is 5.92 Å². The molecule has 2 aliphatic rings. The molecule has 1 fully saturated rings. The van der Waals surface area contributed by atoms with Gasteiger partial charge in [-0.15, -0.1) is 0 Å². The number of benzene rings is 1. The lowest BCUT2D eigenvalue weighted by atomic mass is 9.76. The molecule has 1 aliphatic heterocycles. The number of ether oxygens (including phenoxy) is 1. The minimum atomic E-state index is -1.77. The molecular formula is C33H35NO7. The molecule has 0 amide bonds. The van der Waals surface area contributed by atoms with Gasteiger partial charge in [-0.25, -0.2) is 4.79 Å². The van der Waals surface area contributed by atoms with E-state index in [0.717, 1.165) is 24.1 Å². The normalized spacial score (nSPS) is 23.4.